The van der Waals surface area contributed by atoms with Gasteiger partial charge in [0.1, 0.15) is 17.7 Å². The van der Waals surface area contributed by atoms with Crippen LogP contribution >= 0.6 is 0 Å². The highest BCUT2D eigenvalue weighted by molar-refractivity contribution is 6.13. The third kappa shape index (κ3) is 4.99. The Morgan fingerprint density at radius 1 is 1.17 bits per heavy atom. The first-order chi connectivity index (χ1) is 16.8. The summed E-state index contributed by atoms with van der Waals surface area (Å²) in [6.07, 6.45) is 6.98. The first-order valence-corrected chi connectivity index (χ1v) is 12.4. The van der Waals surface area contributed by atoms with E-state index in [-0.39, 0.29) is 6.10 Å². The highest BCUT2D eigenvalue weighted by Crippen LogP contribution is 2.40. The number of ether oxygens (including phenoxy) is 1. The quantitative estimate of drug-likeness (QED) is 0.309. The molecular formula is C28H36N6O. The summed E-state index contributed by atoms with van der Waals surface area (Å²) in [6.45, 7) is 12.6. The van der Waals surface area contributed by atoms with E-state index in [0.717, 1.165) is 41.3 Å². The molecule has 0 aliphatic carbocycles. The normalized spacial score (nSPS) is 15.4. The number of hydrogen-bond donors (Lipinski definition) is 2. The number of aryl methyl sites for hydroxylation is 2. The first kappa shape index (κ1) is 24.6. The van der Waals surface area contributed by atoms with E-state index in [4.69, 9.17) is 15.9 Å². The number of hydrogen-bond acceptors (Lipinski definition) is 7. The van der Waals surface area contributed by atoms with Gasteiger partial charge in [-0.2, -0.15) is 10.2 Å². The number of anilines is 2. The lowest BCUT2D eigenvalue weighted by atomic mass is 9.74. The van der Waals surface area contributed by atoms with Crippen LogP contribution in [0.2, 0.25) is 0 Å². The number of nitrogens with two attached hydrogens (primary N) is 1. The van der Waals surface area contributed by atoms with Gasteiger partial charge in [-0.05, 0) is 69.5 Å². The summed E-state index contributed by atoms with van der Waals surface area (Å²) < 4.78 is 6.22. The molecule has 1 atom stereocenters. The van der Waals surface area contributed by atoms with Crippen LogP contribution in [0.25, 0.3) is 0 Å². The molecule has 1 fully saturated rings. The van der Waals surface area contributed by atoms with E-state index in [9.17, 15) is 0 Å². The molecule has 1 aliphatic heterocycles. The Labute approximate surface area is 208 Å². The van der Waals surface area contributed by atoms with Gasteiger partial charge in [-0.3, -0.25) is 5.41 Å². The Morgan fingerprint density at radius 2 is 1.94 bits per heavy atom. The Bertz CT molecular complexity index is 1180. The van der Waals surface area contributed by atoms with Gasteiger partial charge in [-0.1, -0.05) is 20.3 Å². The molecule has 184 valence electrons. The molecule has 3 aromatic rings. The molecule has 35 heavy (non-hydrogen) atoms. The predicted octanol–water partition coefficient (Wildman–Crippen LogP) is 5.64. The molecule has 0 unspecified atom stereocenters. The molecule has 0 spiro atoms. The fourth-order valence-electron chi connectivity index (χ4n) is 5.20. The van der Waals surface area contributed by atoms with Crippen molar-refractivity contribution in [1.29, 1.82) is 5.41 Å². The van der Waals surface area contributed by atoms with Gasteiger partial charge in [0.15, 0.2) is 0 Å². The molecule has 2 aromatic heterocycles. The van der Waals surface area contributed by atoms with E-state index in [1.807, 2.05) is 45.0 Å². The summed E-state index contributed by atoms with van der Waals surface area (Å²) in [5, 5.41) is 17.0. The minimum atomic E-state index is -0.211. The molecule has 7 nitrogen and oxygen atoms in total. The van der Waals surface area contributed by atoms with Gasteiger partial charge in [-0.15, -0.1) is 0 Å². The summed E-state index contributed by atoms with van der Waals surface area (Å²) in [5.74, 6) is 1.62. The third-order valence-electron chi connectivity index (χ3n) is 7.23. The van der Waals surface area contributed by atoms with Gasteiger partial charge in [0, 0.05) is 47.1 Å². The van der Waals surface area contributed by atoms with Gasteiger partial charge in [0.25, 0.3) is 0 Å². The number of nitrogens with zero attached hydrogens (tertiary/aromatic N) is 4. The first-order valence-electron chi connectivity index (χ1n) is 12.4. The standard InChI is InChI=1S/C28H36N6O/c1-6-12-28(7-2)16-34(17-28)25-11-8-21(15-31-25)27(30)23-13-22(9-10-24(23)29)35-20(5)26-18(3)14-32-33-19(26)4/h8-11,13-15,20,30H,6-7,12,16-17,29H2,1-5H3/t20-/m1/s1. The summed E-state index contributed by atoms with van der Waals surface area (Å²) in [7, 11) is 0. The smallest absolute Gasteiger partial charge is 0.128 e. The Kier molecular flexibility index (Phi) is 7.05. The molecule has 4 rings (SSSR count). The molecule has 0 radical (unpaired) electrons. The molecule has 1 aromatic carbocycles. The van der Waals surface area contributed by atoms with Crippen molar-refractivity contribution in [3.8, 4) is 5.75 Å². The zero-order chi connectivity index (χ0) is 25.2. The van der Waals surface area contributed by atoms with Crippen molar-refractivity contribution in [3.63, 3.8) is 0 Å². The van der Waals surface area contributed by atoms with Crippen molar-refractivity contribution in [2.75, 3.05) is 23.7 Å². The number of aromatic nitrogens is 3. The molecule has 1 saturated heterocycles. The third-order valence-corrected chi connectivity index (χ3v) is 7.23. The highest BCUT2D eigenvalue weighted by atomic mass is 16.5. The minimum Gasteiger partial charge on any atom is -0.486 e. The Hall–Kier alpha value is -3.48. The SMILES string of the molecule is CCCC1(CC)CN(c2ccc(C(=N)c3cc(O[C@H](C)c4c(C)cnnc4C)ccc3N)cn2)C1. The number of pyridine rings is 1. The topological polar surface area (TPSA) is 101 Å². The molecular weight excluding hydrogens is 436 g/mol. The van der Waals surface area contributed by atoms with E-state index in [2.05, 4.69) is 33.9 Å². The van der Waals surface area contributed by atoms with Crippen molar-refractivity contribution < 1.29 is 4.74 Å². The van der Waals surface area contributed by atoms with Gasteiger partial charge < -0.3 is 15.4 Å². The van der Waals surface area contributed by atoms with Crippen molar-refractivity contribution in [2.24, 2.45) is 5.41 Å². The summed E-state index contributed by atoms with van der Waals surface area (Å²) >= 11 is 0. The summed E-state index contributed by atoms with van der Waals surface area (Å²) in [6, 6.07) is 9.42. The van der Waals surface area contributed by atoms with E-state index in [1.165, 1.54) is 19.3 Å². The van der Waals surface area contributed by atoms with E-state index in [0.29, 0.717) is 28.1 Å². The summed E-state index contributed by atoms with van der Waals surface area (Å²) in [4.78, 5) is 7.00. The largest absolute Gasteiger partial charge is 0.486 e. The fraction of sp³-hybridized carbons (Fsp3) is 0.429. The highest BCUT2D eigenvalue weighted by Gasteiger charge is 2.41. The maximum absolute atomic E-state index is 8.80. The van der Waals surface area contributed by atoms with Gasteiger partial charge in [0.05, 0.1) is 17.6 Å². The average molecular weight is 473 g/mol. The maximum Gasteiger partial charge on any atom is 0.128 e. The number of nitrogens with one attached hydrogen (secondary N) is 1. The molecule has 0 amide bonds. The second-order valence-corrected chi connectivity index (χ2v) is 9.78. The lowest BCUT2D eigenvalue weighted by Gasteiger charge is -2.51. The van der Waals surface area contributed by atoms with E-state index < -0.39 is 0 Å². The van der Waals surface area contributed by atoms with Crippen molar-refractivity contribution in [1.82, 2.24) is 15.2 Å². The second-order valence-electron chi connectivity index (χ2n) is 9.78. The number of rotatable bonds is 9. The van der Waals surface area contributed by atoms with Crippen molar-refractivity contribution >= 4 is 17.2 Å². The van der Waals surface area contributed by atoms with Gasteiger partial charge >= 0.3 is 0 Å². The van der Waals surface area contributed by atoms with Crippen LogP contribution < -0.4 is 15.4 Å². The van der Waals surface area contributed by atoms with Crippen LogP contribution in [0, 0.1) is 24.7 Å². The van der Waals surface area contributed by atoms with E-state index >= 15 is 0 Å². The molecule has 1 aliphatic rings. The minimum absolute atomic E-state index is 0.211. The zero-order valence-corrected chi connectivity index (χ0v) is 21.4. The van der Waals surface area contributed by atoms with Crippen LogP contribution in [0.1, 0.15) is 74.1 Å². The van der Waals surface area contributed by atoms with Crippen LogP contribution in [-0.4, -0.2) is 34.0 Å². The van der Waals surface area contributed by atoms with Crippen LogP contribution in [0.5, 0.6) is 5.75 Å². The van der Waals surface area contributed by atoms with Gasteiger partial charge in [-0.25, -0.2) is 4.98 Å². The molecule has 0 bridgehead atoms. The second kappa shape index (κ2) is 10.0. The predicted molar refractivity (Wildman–Crippen MR) is 141 cm³/mol. The van der Waals surface area contributed by atoms with Crippen molar-refractivity contribution in [3.05, 3.63) is 70.7 Å². The lowest BCUT2D eigenvalue weighted by Crippen LogP contribution is -2.56. The van der Waals surface area contributed by atoms with Crippen LogP contribution in [0.4, 0.5) is 11.5 Å². The Morgan fingerprint density at radius 3 is 2.57 bits per heavy atom. The number of nitrogen functional groups attached to an aromatic ring is 1. The average Bonchev–Trinajstić information content (AvgIpc) is 2.82. The number of benzene rings is 1. The Balaban J connectivity index is 1.48. The monoisotopic (exact) mass is 472 g/mol. The molecule has 3 N–H and O–H groups in total. The maximum atomic E-state index is 8.80. The molecule has 0 saturated carbocycles. The molecule has 3 heterocycles. The fourth-order valence-corrected chi connectivity index (χ4v) is 5.20. The van der Waals surface area contributed by atoms with Crippen molar-refractivity contribution in [2.45, 2.75) is 60.0 Å². The van der Waals surface area contributed by atoms with Gasteiger partial charge in [0.2, 0.25) is 0 Å². The van der Waals surface area contributed by atoms with E-state index in [1.54, 1.807) is 18.5 Å². The van der Waals surface area contributed by atoms with Crippen LogP contribution in [0.3, 0.4) is 0 Å². The van der Waals surface area contributed by atoms with Crippen LogP contribution in [0.15, 0.2) is 42.7 Å². The summed E-state index contributed by atoms with van der Waals surface area (Å²) in [5.41, 5.74) is 11.8. The van der Waals surface area contributed by atoms with Crippen LogP contribution in [-0.2, 0) is 0 Å². The molecule has 7 heteroatoms. The zero-order valence-electron chi connectivity index (χ0n) is 21.4. The lowest BCUT2D eigenvalue weighted by molar-refractivity contribution is 0.182.